The first-order valence-corrected chi connectivity index (χ1v) is 7.10. The van der Waals surface area contributed by atoms with Gasteiger partial charge in [-0.05, 0) is 37.5 Å². The van der Waals surface area contributed by atoms with E-state index in [0.717, 1.165) is 5.92 Å². The zero-order valence-corrected chi connectivity index (χ0v) is 11.5. The summed E-state index contributed by atoms with van der Waals surface area (Å²) in [5.41, 5.74) is 5.43. The Morgan fingerprint density at radius 2 is 1.88 bits per heavy atom. The maximum Gasteiger partial charge on any atom is 0.234 e. The fourth-order valence-corrected chi connectivity index (χ4v) is 2.88. The van der Waals surface area contributed by atoms with Gasteiger partial charge in [0.2, 0.25) is 5.91 Å². The van der Waals surface area contributed by atoms with E-state index in [1.54, 1.807) is 0 Å². The number of nitrogens with two attached hydrogens (primary N) is 1. The topological polar surface area (TPSA) is 55.1 Å². The van der Waals surface area contributed by atoms with Crippen LogP contribution in [0.1, 0.15) is 59.3 Å². The van der Waals surface area contributed by atoms with Crippen molar-refractivity contribution in [3.8, 4) is 0 Å². The van der Waals surface area contributed by atoms with Gasteiger partial charge in [-0.1, -0.05) is 33.6 Å². The number of hydrogen-bond donors (Lipinski definition) is 2. The summed E-state index contributed by atoms with van der Waals surface area (Å²) in [5, 5.41) is 3.44. The molecule has 1 atom stereocenters. The quantitative estimate of drug-likeness (QED) is 0.749. The van der Waals surface area contributed by atoms with Gasteiger partial charge in [-0.15, -0.1) is 0 Å². The molecule has 1 saturated carbocycles. The lowest BCUT2D eigenvalue weighted by atomic mass is 9.83. The van der Waals surface area contributed by atoms with Gasteiger partial charge in [0.25, 0.3) is 0 Å². The number of rotatable bonds is 6. The normalized spacial score (nSPS) is 27.1. The molecule has 1 aliphatic carbocycles. The van der Waals surface area contributed by atoms with Gasteiger partial charge < -0.3 is 11.1 Å². The Labute approximate surface area is 106 Å². The van der Waals surface area contributed by atoms with Crippen molar-refractivity contribution in [2.75, 3.05) is 0 Å². The summed E-state index contributed by atoms with van der Waals surface area (Å²) < 4.78 is 0. The van der Waals surface area contributed by atoms with Crippen molar-refractivity contribution in [1.82, 2.24) is 5.32 Å². The summed E-state index contributed by atoms with van der Waals surface area (Å²) in [4.78, 5) is 11.3. The summed E-state index contributed by atoms with van der Waals surface area (Å²) in [7, 11) is 0. The largest absolute Gasteiger partial charge is 0.368 e. The summed E-state index contributed by atoms with van der Waals surface area (Å²) in [6.45, 7) is 6.35. The van der Waals surface area contributed by atoms with Crippen LogP contribution >= 0.6 is 0 Å². The van der Waals surface area contributed by atoms with Gasteiger partial charge in [0.05, 0.1) is 6.04 Å². The third kappa shape index (κ3) is 4.66. The van der Waals surface area contributed by atoms with Crippen LogP contribution in [0.2, 0.25) is 0 Å². The van der Waals surface area contributed by atoms with Crippen LogP contribution in [0, 0.1) is 11.8 Å². The predicted molar refractivity (Wildman–Crippen MR) is 71.6 cm³/mol. The van der Waals surface area contributed by atoms with Crippen LogP contribution < -0.4 is 11.1 Å². The van der Waals surface area contributed by atoms with Gasteiger partial charge in [0, 0.05) is 6.04 Å². The van der Waals surface area contributed by atoms with E-state index in [-0.39, 0.29) is 17.9 Å². The molecule has 0 saturated heterocycles. The van der Waals surface area contributed by atoms with Gasteiger partial charge >= 0.3 is 0 Å². The molecule has 1 amide bonds. The van der Waals surface area contributed by atoms with E-state index >= 15 is 0 Å². The lowest BCUT2D eigenvalue weighted by Gasteiger charge is -2.32. The highest BCUT2D eigenvalue weighted by molar-refractivity contribution is 5.80. The van der Waals surface area contributed by atoms with E-state index in [2.05, 4.69) is 12.2 Å². The van der Waals surface area contributed by atoms with Crippen molar-refractivity contribution in [1.29, 1.82) is 0 Å². The maximum absolute atomic E-state index is 11.3. The van der Waals surface area contributed by atoms with Gasteiger partial charge in [-0.2, -0.15) is 0 Å². The SMILES string of the molecule is CCCC1CCC(NC(C(N)=O)C(C)C)CC1. The molecule has 0 spiro atoms. The Morgan fingerprint density at radius 1 is 1.29 bits per heavy atom. The zero-order chi connectivity index (χ0) is 12.8. The van der Waals surface area contributed by atoms with Crippen LogP contribution in [0.5, 0.6) is 0 Å². The summed E-state index contributed by atoms with van der Waals surface area (Å²) >= 11 is 0. The van der Waals surface area contributed by atoms with E-state index in [0.29, 0.717) is 6.04 Å². The minimum Gasteiger partial charge on any atom is -0.368 e. The number of primary amides is 1. The second-order valence-corrected chi connectivity index (χ2v) is 5.80. The first-order chi connectivity index (χ1) is 8.04. The molecule has 0 radical (unpaired) electrons. The monoisotopic (exact) mass is 240 g/mol. The smallest absolute Gasteiger partial charge is 0.234 e. The molecule has 1 rings (SSSR count). The van der Waals surface area contributed by atoms with Crippen LogP contribution in [-0.4, -0.2) is 18.0 Å². The minimum absolute atomic E-state index is 0.164. The highest BCUT2D eigenvalue weighted by Crippen LogP contribution is 2.28. The number of hydrogen-bond acceptors (Lipinski definition) is 2. The molecule has 3 N–H and O–H groups in total. The third-order valence-corrected chi connectivity index (χ3v) is 3.93. The highest BCUT2D eigenvalue weighted by Gasteiger charge is 2.26. The van der Waals surface area contributed by atoms with Crippen LogP contribution in [0.25, 0.3) is 0 Å². The summed E-state index contributed by atoms with van der Waals surface area (Å²) in [6.07, 6.45) is 7.64. The van der Waals surface area contributed by atoms with E-state index in [1.165, 1.54) is 38.5 Å². The molecule has 3 heteroatoms. The number of carbonyl (C=O) groups is 1. The Morgan fingerprint density at radius 3 is 2.29 bits per heavy atom. The average Bonchev–Trinajstić information content (AvgIpc) is 2.27. The molecule has 1 aliphatic rings. The number of nitrogens with one attached hydrogen (secondary N) is 1. The van der Waals surface area contributed by atoms with Crippen molar-refractivity contribution in [3.05, 3.63) is 0 Å². The van der Waals surface area contributed by atoms with Crippen LogP contribution in [0.3, 0.4) is 0 Å². The highest BCUT2D eigenvalue weighted by atomic mass is 16.1. The fourth-order valence-electron chi connectivity index (χ4n) is 2.88. The molecule has 17 heavy (non-hydrogen) atoms. The van der Waals surface area contributed by atoms with Gasteiger partial charge in [-0.3, -0.25) is 4.79 Å². The van der Waals surface area contributed by atoms with E-state index in [9.17, 15) is 4.79 Å². The molecule has 0 bridgehead atoms. The van der Waals surface area contributed by atoms with Gasteiger partial charge in [-0.25, -0.2) is 0 Å². The second-order valence-electron chi connectivity index (χ2n) is 5.80. The van der Waals surface area contributed by atoms with Crippen LogP contribution in [0.15, 0.2) is 0 Å². The Kier molecular flexibility index (Phi) is 5.96. The van der Waals surface area contributed by atoms with Crippen molar-refractivity contribution in [2.45, 2.75) is 71.4 Å². The first kappa shape index (κ1) is 14.5. The first-order valence-electron chi connectivity index (χ1n) is 7.10. The van der Waals surface area contributed by atoms with Gasteiger partial charge in [0.15, 0.2) is 0 Å². The Balaban J connectivity index is 2.36. The molecular formula is C14H28N2O. The lowest BCUT2D eigenvalue weighted by Crippen LogP contribution is -2.50. The van der Waals surface area contributed by atoms with Crippen LogP contribution in [0.4, 0.5) is 0 Å². The van der Waals surface area contributed by atoms with E-state index < -0.39 is 0 Å². The van der Waals surface area contributed by atoms with Crippen molar-refractivity contribution < 1.29 is 4.79 Å². The maximum atomic E-state index is 11.3. The molecule has 3 nitrogen and oxygen atoms in total. The fraction of sp³-hybridized carbons (Fsp3) is 0.929. The Hall–Kier alpha value is -0.570. The van der Waals surface area contributed by atoms with Crippen molar-refractivity contribution in [3.63, 3.8) is 0 Å². The molecule has 0 aromatic rings. The van der Waals surface area contributed by atoms with Crippen LogP contribution in [-0.2, 0) is 4.79 Å². The van der Waals surface area contributed by atoms with Crippen molar-refractivity contribution in [2.24, 2.45) is 17.6 Å². The van der Waals surface area contributed by atoms with Gasteiger partial charge in [0.1, 0.15) is 0 Å². The Bertz CT molecular complexity index is 232. The third-order valence-electron chi connectivity index (χ3n) is 3.93. The summed E-state index contributed by atoms with van der Waals surface area (Å²) in [6, 6.07) is 0.325. The molecular weight excluding hydrogens is 212 g/mol. The standard InChI is InChI=1S/C14H28N2O/c1-4-5-11-6-8-12(9-7-11)16-13(10(2)3)14(15)17/h10-13,16H,4-9H2,1-3H3,(H2,15,17). The predicted octanol–water partition coefficient (Wildman–Crippen LogP) is 2.44. The molecule has 0 aliphatic heterocycles. The number of amides is 1. The second kappa shape index (κ2) is 7.00. The summed E-state index contributed by atoms with van der Waals surface area (Å²) in [5.74, 6) is 0.973. The molecule has 0 heterocycles. The zero-order valence-electron chi connectivity index (χ0n) is 11.5. The molecule has 1 unspecified atom stereocenters. The molecule has 0 aromatic carbocycles. The van der Waals surface area contributed by atoms with Crippen molar-refractivity contribution >= 4 is 5.91 Å². The molecule has 0 aromatic heterocycles. The lowest BCUT2D eigenvalue weighted by molar-refractivity contribution is -0.121. The minimum atomic E-state index is -0.212. The average molecular weight is 240 g/mol. The number of carbonyl (C=O) groups excluding carboxylic acids is 1. The van der Waals surface area contributed by atoms with E-state index in [1.807, 2.05) is 13.8 Å². The molecule has 100 valence electrons. The molecule has 1 fully saturated rings. The van der Waals surface area contributed by atoms with E-state index in [4.69, 9.17) is 5.73 Å².